The molecule has 0 saturated carbocycles. The Morgan fingerprint density at radius 2 is 2.30 bits per heavy atom. The highest BCUT2D eigenvalue weighted by atomic mass is 16.5. The Labute approximate surface area is 121 Å². The number of rotatable bonds is 6. The van der Waals surface area contributed by atoms with Crippen LogP contribution in [0.2, 0.25) is 0 Å². The van der Waals surface area contributed by atoms with Crippen LogP contribution in [-0.4, -0.2) is 42.4 Å². The smallest absolute Gasteiger partial charge is 0.122 e. The molecule has 2 aliphatic rings. The highest BCUT2D eigenvalue weighted by molar-refractivity contribution is 5.39. The Morgan fingerprint density at radius 3 is 3.20 bits per heavy atom. The van der Waals surface area contributed by atoms with E-state index in [0.29, 0.717) is 12.6 Å². The molecule has 3 nitrogen and oxygen atoms in total. The SMILES string of the molecule is OCCCC1CCCN1CCc1ccc2c(c1)CCO2. The highest BCUT2D eigenvalue weighted by Crippen LogP contribution is 2.27. The van der Waals surface area contributed by atoms with E-state index in [4.69, 9.17) is 9.84 Å². The van der Waals surface area contributed by atoms with Gasteiger partial charge < -0.3 is 14.7 Å². The van der Waals surface area contributed by atoms with Crippen LogP contribution in [0.5, 0.6) is 5.75 Å². The van der Waals surface area contributed by atoms with Crippen LogP contribution in [0.4, 0.5) is 0 Å². The van der Waals surface area contributed by atoms with Crippen LogP contribution in [0.1, 0.15) is 36.8 Å². The summed E-state index contributed by atoms with van der Waals surface area (Å²) in [6, 6.07) is 7.36. The number of benzene rings is 1. The van der Waals surface area contributed by atoms with Crippen molar-refractivity contribution in [3.05, 3.63) is 29.3 Å². The molecule has 1 saturated heterocycles. The minimum absolute atomic E-state index is 0.329. The van der Waals surface area contributed by atoms with Crippen molar-refractivity contribution >= 4 is 0 Å². The predicted octanol–water partition coefficient (Wildman–Crippen LogP) is 2.40. The van der Waals surface area contributed by atoms with E-state index in [1.807, 2.05) is 0 Å². The van der Waals surface area contributed by atoms with Gasteiger partial charge in [-0.2, -0.15) is 0 Å². The van der Waals surface area contributed by atoms with E-state index < -0.39 is 0 Å². The summed E-state index contributed by atoms with van der Waals surface area (Å²) in [6.07, 6.45) is 6.90. The molecule has 1 fully saturated rings. The molecular formula is C17H25NO2. The number of ether oxygens (including phenoxy) is 1. The van der Waals surface area contributed by atoms with E-state index in [0.717, 1.165) is 44.6 Å². The number of aliphatic hydroxyl groups is 1. The van der Waals surface area contributed by atoms with E-state index in [1.165, 1.54) is 30.5 Å². The van der Waals surface area contributed by atoms with Crippen molar-refractivity contribution in [2.45, 2.75) is 44.6 Å². The van der Waals surface area contributed by atoms with E-state index >= 15 is 0 Å². The monoisotopic (exact) mass is 275 g/mol. The van der Waals surface area contributed by atoms with Crippen LogP contribution in [0.15, 0.2) is 18.2 Å². The summed E-state index contributed by atoms with van der Waals surface area (Å²) in [4.78, 5) is 2.61. The molecule has 1 aromatic rings. The van der Waals surface area contributed by atoms with Crippen LogP contribution < -0.4 is 4.74 Å². The maximum atomic E-state index is 8.98. The van der Waals surface area contributed by atoms with E-state index in [2.05, 4.69) is 23.1 Å². The molecule has 3 heteroatoms. The third-order valence-electron chi connectivity index (χ3n) is 4.64. The second-order valence-electron chi connectivity index (χ2n) is 5.99. The van der Waals surface area contributed by atoms with Gasteiger partial charge in [0.25, 0.3) is 0 Å². The van der Waals surface area contributed by atoms with Gasteiger partial charge in [-0.05, 0) is 55.8 Å². The second kappa shape index (κ2) is 6.59. The summed E-state index contributed by atoms with van der Waals surface area (Å²) in [7, 11) is 0. The third-order valence-corrected chi connectivity index (χ3v) is 4.64. The van der Waals surface area contributed by atoms with Gasteiger partial charge in [-0.25, -0.2) is 0 Å². The van der Waals surface area contributed by atoms with Gasteiger partial charge in [-0.3, -0.25) is 0 Å². The fraction of sp³-hybridized carbons (Fsp3) is 0.647. The van der Waals surface area contributed by atoms with Crippen molar-refractivity contribution < 1.29 is 9.84 Å². The van der Waals surface area contributed by atoms with E-state index in [-0.39, 0.29) is 0 Å². The molecule has 3 rings (SSSR count). The topological polar surface area (TPSA) is 32.7 Å². The standard InChI is InChI=1S/C17H25NO2/c19-11-2-4-16-3-1-9-18(16)10-7-14-5-6-17-15(13-14)8-12-20-17/h5-6,13,16,19H,1-4,7-12H2. The minimum atomic E-state index is 0.329. The van der Waals surface area contributed by atoms with Gasteiger partial charge in [-0.15, -0.1) is 0 Å². The van der Waals surface area contributed by atoms with Crippen LogP contribution in [0, 0.1) is 0 Å². The first-order chi connectivity index (χ1) is 9.86. The van der Waals surface area contributed by atoms with Crippen LogP contribution in [0.3, 0.4) is 0 Å². The largest absolute Gasteiger partial charge is 0.493 e. The molecular weight excluding hydrogens is 250 g/mol. The Bertz CT molecular complexity index is 447. The number of aliphatic hydroxyl groups excluding tert-OH is 1. The Kier molecular flexibility index (Phi) is 4.58. The zero-order chi connectivity index (χ0) is 13.8. The van der Waals surface area contributed by atoms with Gasteiger partial charge >= 0.3 is 0 Å². The summed E-state index contributed by atoms with van der Waals surface area (Å²) in [5, 5.41) is 8.98. The lowest BCUT2D eigenvalue weighted by Crippen LogP contribution is -2.31. The number of hydrogen-bond donors (Lipinski definition) is 1. The van der Waals surface area contributed by atoms with Crippen LogP contribution >= 0.6 is 0 Å². The molecule has 0 aliphatic carbocycles. The maximum Gasteiger partial charge on any atom is 0.122 e. The van der Waals surface area contributed by atoms with Crippen molar-refractivity contribution in [1.29, 1.82) is 0 Å². The second-order valence-corrected chi connectivity index (χ2v) is 5.99. The van der Waals surface area contributed by atoms with Crippen molar-refractivity contribution in [1.82, 2.24) is 4.90 Å². The third kappa shape index (κ3) is 3.15. The van der Waals surface area contributed by atoms with Gasteiger partial charge in [0.2, 0.25) is 0 Å². The lowest BCUT2D eigenvalue weighted by Gasteiger charge is -2.24. The minimum Gasteiger partial charge on any atom is -0.493 e. The van der Waals surface area contributed by atoms with Gasteiger partial charge in [-0.1, -0.05) is 12.1 Å². The maximum absolute atomic E-state index is 8.98. The van der Waals surface area contributed by atoms with E-state index in [1.54, 1.807) is 0 Å². The lowest BCUT2D eigenvalue weighted by molar-refractivity contribution is 0.218. The first kappa shape index (κ1) is 13.9. The van der Waals surface area contributed by atoms with Crippen molar-refractivity contribution in [3.63, 3.8) is 0 Å². The fourth-order valence-corrected chi connectivity index (χ4v) is 3.51. The highest BCUT2D eigenvalue weighted by Gasteiger charge is 2.23. The molecule has 0 bridgehead atoms. The number of fused-ring (bicyclic) bond motifs is 1. The van der Waals surface area contributed by atoms with Gasteiger partial charge in [0.15, 0.2) is 0 Å². The molecule has 1 atom stereocenters. The van der Waals surface area contributed by atoms with Crippen molar-refractivity contribution in [2.75, 3.05) is 26.3 Å². The summed E-state index contributed by atoms with van der Waals surface area (Å²) in [6.45, 7) is 3.54. The van der Waals surface area contributed by atoms with E-state index in [9.17, 15) is 0 Å². The molecule has 1 unspecified atom stereocenters. The van der Waals surface area contributed by atoms with Crippen LogP contribution in [0.25, 0.3) is 0 Å². The summed E-state index contributed by atoms with van der Waals surface area (Å²) in [5.74, 6) is 1.08. The molecule has 110 valence electrons. The Balaban J connectivity index is 1.53. The first-order valence-corrected chi connectivity index (χ1v) is 7.96. The molecule has 20 heavy (non-hydrogen) atoms. The number of hydrogen-bond acceptors (Lipinski definition) is 3. The quantitative estimate of drug-likeness (QED) is 0.865. The zero-order valence-corrected chi connectivity index (χ0v) is 12.2. The molecule has 1 N–H and O–H groups in total. The Hall–Kier alpha value is -1.06. The molecule has 2 heterocycles. The molecule has 0 amide bonds. The Morgan fingerprint density at radius 1 is 1.35 bits per heavy atom. The summed E-state index contributed by atoms with van der Waals surface area (Å²) >= 11 is 0. The zero-order valence-electron chi connectivity index (χ0n) is 12.2. The van der Waals surface area contributed by atoms with Gasteiger partial charge in [0.1, 0.15) is 5.75 Å². The summed E-state index contributed by atoms with van der Waals surface area (Å²) in [5.41, 5.74) is 2.81. The summed E-state index contributed by atoms with van der Waals surface area (Å²) < 4.78 is 5.56. The normalized spacial score (nSPS) is 21.9. The van der Waals surface area contributed by atoms with Crippen molar-refractivity contribution in [2.24, 2.45) is 0 Å². The lowest BCUT2D eigenvalue weighted by atomic mass is 10.1. The molecule has 1 aromatic carbocycles. The predicted molar refractivity (Wildman–Crippen MR) is 80.3 cm³/mol. The first-order valence-electron chi connectivity index (χ1n) is 7.96. The number of nitrogens with zero attached hydrogens (tertiary/aromatic N) is 1. The molecule has 0 radical (unpaired) electrons. The molecule has 0 spiro atoms. The fourth-order valence-electron chi connectivity index (χ4n) is 3.51. The molecule has 0 aromatic heterocycles. The van der Waals surface area contributed by atoms with Crippen LogP contribution in [-0.2, 0) is 12.8 Å². The van der Waals surface area contributed by atoms with Crippen molar-refractivity contribution in [3.8, 4) is 5.75 Å². The average Bonchev–Trinajstić information content (AvgIpc) is 3.11. The average molecular weight is 275 g/mol. The van der Waals surface area contributed by atoms with Gasteiger partial charge in [0.05, 0.1) is 6.61 Å². The van der Waals surface area contributed by atoms with Gasteiger partial charge in [0, 0.05) is 25.6 Å². The number of likely N-dealkylation sites (tertiary alicyclic amines) is 1. The molecule has 2 aliphatic heterocycles.